The van der Waals surface area contributed by atoms with Gasteiger partial charge >= 0.3 is 0 Å². The number of primary amides is 1. The van der Waals surface area contributed by atoms with Crippen molar-refractivity contribution in [3.63, 3.8) is 0 Å². The molecule has 0 radical (unpaired) electrons. The van der Waals surface area contributed by atoms with E-state index in [1.165, 1.54) is 0 Å². The van der Waals surface area contributed by atoms with Crippen LogP contribution in [0.15, 0.2) is 42.6 Å². The van der Waals surface area contributed by atoms with Gasteiger partial charge in [-0.1, -0.05) is 18.2 Å². The summed E-state index contributed by atoms with van der Waals surface area (Å²) in [5.41, 5.74) is 5.70. The number of piperidine rings is 1. The van der Waals surface area contributed by atoms with Crippen LogP contribution in [0.1, 0.15) is 33.6 Å². The Hall–Kier alpha value is -3.49. The van der Waals surface area contributed by atoms with Gasteiger partial charge in [0.25, 0.3) is 17.5 Å². The molecule has 0 bridgehead atoms. The van der Waals surface area contributed by atoms with Crippen LogP contribution >= 0.6 is 0 Å². The fourth-order valence-electron chi connectivity index (χ4n) is 3.23. The van der Waals surface area contributed by atoms with E-state index in [2.05, 4.69) is 10.3 Å². The van der Waals surface area contributed by atoms with Gasteiger partial charge in [0.2, 0.25) is 0 Å². The zero-order valence-corrected chi connectivity index (χ0v) is 15.2. The summed E-state index contributed by atoms with van der Waals surface area (Å²) in [6.07, 6.45) is 2.71. The van der Waals surface area contributed by atoms with Gasteiger partial charge in [-0.15, -0.1) is 0 Å². The number of amides is 2. The molecule has 0 unspecified atom stereocenters. The lowest BCUT2D eigenvalue weighted by Crippen LogP contribution is -2.40. The Morgan fingerprint density at radius 2 is 1.93 bits per heavy atom. The van der Waals surface area contributed by atoms with E-state index in [-0.39, 0.29) is 28.9 Å². The van der Waals surface area contributed by atoms with Crippen molar-refractivity contribution in [3.05, 3.63) is 63.8 Å². The SMILES string of the molecule is NC(=O)c1cc([N+](=O)[O-])cnc1NCC1CCN(C(=O)c2ccccc2)CC1. The second kappa shape index (κ2) is 8.47. The van der Waals surface area contributed by atoms with Gasteiger partial charge in [-0.05, 0) is 30.9 Å². The highest BCUT2D eigenvalue weighted by Crippen LogP contribution is 2.22. The van der Waals surface area contributed by atoms with E-state index >= 15 is 0 Å². The second-order valence-electron chi connectivity index (χ2n) is 6.69. The van der Waals surface area contributed by atoms with Crippen LogP contribution in [0.25, 0.3) is 0 Å². The summed E-state index contributed by atoms with van der Waals surface area (Å²) >= 11 is 0. The number of carbonyl (C=O) groups excluding carboxylic acids is 2. The first kappa shape index (κ1) is 19.3. The predicted molar refractivity (Wildman–Crippen MR) is 103 cm³/mol. The quantitative estimate of drug-likeness (QED) is 0.580. The van der Waals surface area contributed by atoms with E-state index in [0.717, 1.165) is 25.1 Å². The third kappa shape index (κ3) is 4.43. The largest absolute Gasteiger partial charge is 0.369 e. The molecule has 0 atom stereocenters. The van der Waals surface area contributed by atoms with Crippen molar-refractivity contribution in [3.8, 4) is 0 Å². The molecule has 2 aromatic rings. The normalized spacial score (nSPS) is 14.5. The Morgan fingerprint density at radius 1 is 1.25 bits per heavy atom. The van der Waals surface area contributed by atoms with E-state index in [1.807, 2.05) is 35.2 Å². The number of benzene rings is 1. The summed E-state index contributed by atoms with van der Waals surface area (Å²) < 4.78 is 0. The Kier molecular flexibility index (Phi) is 5.83. The maximum Gasteiger partial charge on any atom is 0.288 e. The lowest BCUT2D eigenvalue weighted by atomic mass is 9.96. The lowest BCUT2D eigenvalue weighted by Gasteiger charge is -2.32. The molecule has 0 spiro atoms. The van der Waals surface area contributed by atoms with Crippen LogP contribution < -0.4 is 11.1 Å². The molecule has 3 rings (SSSR count). The Balaban J connectivity index is 1.56. The maximum absolute atomic E-state index is 12.5. The summed E-state index contributed by atoms with van der Waals surface area (Å²) in [6.45, 7) is 1.84. The third-order valence-corrected chi connectivity index (χ3v) is 4.83. The molecule has 1 aliphatic rings. The fraction of sp³-hybridized carbons (Fsp3) is 0.316. The average Bonchev–Trinajstić information content (AvgIpc) is 2.72. The van der Waals surface area contributed by atoms with Gasteiger partial charge < -0.3 is 16.0 Å². The van der Waals surface area contributed by atoms with Crippen molar-refractivity contribution in [1.82, 2.24) is 9.88 Å². The Bertz CT molecular complexity index is 879. The van der Waals surface area contributed by atoms with Crippen molar-refractivity contribution in [2.24, 2.45) is 11.7 Å². The first-order valence-corrected chi connectivity index (χ1v) is 8.98. The molecule has 28 heavy (non-hydrogen) atoms. The molecule has 2 heterocycles. The summed E-state index contributed by atoms with van der Waals surface area (Å²) in [6, 6.07) is 10.3. The van der Waals surface area contributed by atoms with Gasteiger partial charge in [-0.3, -0.25) is 19.7 Å². The van der Waals surface area contributed by atoms with Crippen LogP contribution in [0.4, 0.5) is 11.5 Å². The number of nitro groups is 1. The molecule has 146 valence electrons. The minimum atomic E-state index is -0.776. The molecular weight excluding hydrogens is 362 g/mol. The summed E-state index contributed by atoms with van der Waals surface area (Å²) in [7, 11) is 0. The number of carbonyl (C=O) groups is 2. The van der Waals surface area contributed by atoms with Crippen LogP contribution in [0.2, 0.25) is 0 Å². The number of rotatable bonds is 6. The van der Waals surface area contributed by atoms with Crippen molar-refractivity contribution < 1.29 is 14.5 Å². The minimum absolute atomic E-state index is 0.00843. The zero-order valence-electron chi connectivity index (χ0n) is 15.2. The molecule has 1 fully saturated rings. The fourth-order valence-corrected chi connectivity index (χ4v) is 3.23. The maximum atomic E-state index is 12.5. The third-order valence-electron chi connectivity index (χ3n) is 4.83. The Morgan fingerprint density at radius 3 is 2.54 bits per heavy atom. The molecule has 2 amide bonds. The van der Waals surface area contributed by atoms with Crippen LogP contribution in [0, 0.1) is 16.0 Å². The van der Waals surface area contributed by atoms with E-state index in [1.54, 1.807) is 0 Å². The highest BCUT2D eigenvalue weighted by atomic mass is 16.6. The van der Waals surface area contributed by atoms with Crippen LogP contribution in [-0.4, -0.2) is 46.3 Å². The molecule has 9 heteroatoms. The van der Waals surface area contributed by atoms with Crippen molar-refractivity contribution in [2.45, 2.75) is 12.8 Å². The van der Waals surface area contributed by atoms with Gasteiger partial charge in [-0.2, -0.15) is 0 Å². The highest BCUT2D eigenvalue weighted by molar-refractivity contribution is 5.98. The van der Waals surface area contributed by atoms with E-state index < -0.39 is 10.8 Å². The summed E-state index contributed by atoms with van der Waals surface area (Å²) in [5, 5.41) is 13.9. The number of anilines is 1. The molecule has 9 nitrogen and oxygen atoms in total. The van der Waals surface area contributed by atoms with E-state index in [0.29, 0.717) is 25.2 Å². The molecule has 1 saturated heterocycles. The predicted octanol–water partition coefficient (Wildman–Crippen LogP) is 2.05. The summed E-state index contributed by atoms with van der Waals surface area (Å²) in [4.78, 5) is 40.1. The van der Waals surface area contributed by atoms with E-state index in [4.69, 9.17) is 5.73 Å². The molecular formula is C19H21N5O4. The topological polar surface area (TPSA) is 131 Å². The molecule has 0 saturated carbocycles. The molecule has 1 aromatic carbocycles. The van der Waals surface area contributed by atoms with Crippen molar-refractivity contribution in [1.29, 1.82) is 0 Å². The van der Waals surface area contributed by atoms with Gasteiger partial charge in [-0.25, -0.2) is 4.98 Å². The highest BCUT2D eigenvalue weighted by Gasteiger charge is 2.24. The number of hydrogen-bond acceptors (Lipinski definition) is 6. The zero-order chi connectivity index (χ0) is 20.1. The van der Waals surface area contributed by atoms with Crippen LogP contribution in [-0.2, 0) is 0 Å². The number of pyridine rings is 1. The van der Waals surface area contributed by atoms with Gasteiger partial charge in [0.1, 0.15) is 12.0 Å². The average molecular weight is 383 g/mol. The lowest BCUT2D eigenvalue weighted by molar-refractivity contribution is -0.385. The monoisotopic (exact) mass is 383 g/mol. The number of hydrogen-bond donors (Lipinski definition) is 2. The number of likely N-dealkylation sites (tertiary alicyclic amines) is 1. The van der Waals surface area contributed by atoms with Gasteiger partial charge in [0, 0.05) is 31.3 Å². The Labute approximate surface area is 161 Å². The first-order valence-electron chi connectivity index (χ1n) is 8.98. The first-order chi connectivity index (χ1) is 13.5. The summed E-state index contributed by atoms with van der Waals surface area (Å²) in [5.74, 6) is -0.222. The minimum Gasteiger partial charge on any atom is -0.369 e. The van der Waals surface area contributed by atoms with Crippen molar-refractivity contribution in [2.75, 3.05) is 25.0 Å². The van der Waals surface area contributed by atoms with Crippen LogP contribution in [0.3, 0.4) is 0 Å². The van der Waals surface area contributed by atoms with E-state index in [9.17, 15) is 19.7 Å². The molecule has 3 N–H and O–H groups in total. The molecule has 1 aromatic heterocycles. The molecule has 1 aliphatic heterocycles. The van der Waals surface area contributed by atoms with Gasteiger partial charge in [0.15, 0.2) is 0 Å². The van der Waals surface area contributed by atoms with Crippen LogP contribution in [0.5, 0.6) is 0 Å². The number of nitrogens with zero attached hydrogens (tertiary/aromatic N) is 3. The molecule has 0 aliphatic carbocycles. The standard InChI is InChI=1S/C19H21N5O4/c20-17(25)16-10-15(24(27)28)12-22-18(16)21-11-13-6-8-23(9-7-13)19(26)14-4-2-1-3-5-14/h1-5,10,12-13H,6-9,11H2,(H2,20,25)(H,21,22). The number of nitrogens with one attached hydrogen (secondary N) is 1. The smallest absolute Gasteiger partial charge is 0.288 e. The number of nitrogens with two attached hydrogens (primary N) is 1. The number of aromatic nitrogens is 1. The second-order valence-corrected chi connectivity index (χ2v) is 6.69. The van der Waals surface area contributed by atoms with Crippen molar-refractivity contribution >= 4 is 23.3 Å². The van der Waals surface area contributed by atoms with Gasteiger partial charge in [0.05, 0.1) is 10.5 Å².